The Balaban J connectivity index is 1.83. The van der Waals surface area contributed by atoms with Crippen molar-refractivity contribution in [3.05, 3.63) is 77.1 Å². The molecule has 144 valence electrons. The van der Waals surface area contributed by atoms with E-state index in [9.17, 15) is 19.1 Å². The summed E-state index contributed by atoms with van der Waals surface area (Å²) in [6, 6.07) is 13.5. The molecule has 2 aliphatic rings. The van der Waals surface area contributed by atoms with Gasteiger partial charge in [-0.25, -0.2) is 4.39 Å². The molecule has 2 atom stereocenters. The summed E-state index contributed by atoms with van der Waals surface area (Å²) in [5.74, 6) is -2.21. The van der Waals surface area contributed by atoms with E-state index in [0.29, 0.717) is 17.7 Å². The number of carbonyl (C=O) groups excluding carboxylic acids is 2. The van der Waals surface area contributed by atoms with Gasteiger partial charge in [0.1, 0.15) is 11.6 Å². The Morgan fingerprint density at radius 1 is 1.14 bits per heavy atom. The predicted octanol–water partition coefficient (Wildman–Crippen LogP) is 3.43. The van der Waals surface area contributed by atoms with E-state index < -0.39 is 23.5 Å². The average Bonchev–Trinajstić information content (AvgIpc) is 3.30. The topological polar surface area (TPSA) is 66.8 Å². The second-order valence-electron chi connectivity index (χ2n) is 7.01. The highest BCUT2D eigenvalue weighted by Crippen LogP contribution is 2.40. The maximum atomic E-state index is 13.9. The smallest absolute Gasteiger partial charge is 0.295 e. The minimum atomic E-state index is -0.861. The molecule has 28 heavy (non-hydrogen) atoms. The summed E-state index contributed by atoms with van der Waals surface area (Å²) in [7, 11) is 0. The molecule has 0 unspecified atom stereocenters. The molecule has 1 amide bonds. The van der Waals surface area contributed by atoms with Crippen molar-refractivity contribution in [2.45, 2.75) is 25.0 Å². The number of aliphatic hydroxyl groups is 1. The summed E-state index contributed by atoms with van der Waals surface area (Å²) >= 11 is 0. The molecule has 2 aromatic rings. The SMILES string of the molecule is O=C1C(=O)N(C[C@@H]2CCCO2)[C@H](c2cccc(F)c2)C1=C(O)c1ccccc1. The Morgan fingerprint density at radius 3 is 2.61 bits per heavy atom. The molecular formula is C22H20FNO4. The fraction of sp³-hybridized carbons (Fsp3) is 0.273. The molecule has 0 aliphatic carbocycles. The molecule has 0 bridgehead atoms. The van der Waals surface area contributed by atoms with Crippen LogP contribution in [0.3, 0.4) is 0 Å². The maximum Gasteiger partial charge on any atom is 0.295 e. The van der Waals surface area contributed by atoms with Gasteiger partial charge in [0.25, 0.3) is 11.7 Å². The summed E-state index contributed by atoms with van der Waals surface area (Å²) in [6.45, 7) is 0.834. The first kappa shape index (κ1) is 18.4. The highest BCUT2D eigenvalue weighted by atomic mass is 19.1. The third-order valence-electron chi connectivity index (χ3n) is 5.18. The number of ketones is 1. The van der Waals surface area contributed by atoms with Crippen molar-refractivity contribution in [1.82, 2.24) is 4.90 Å². The van der Waals surface area contributed by atoms with E-state index in [0.717, 1.165) is 12.8 Å². The number of rotatable bonds is 4. The molecule has 5 nitrogen and oxygen atoms in total. The Labute approximate surface area is 162 Å². The van der Waals surface area contributed by atoms with Gasteiger partial charge in [0.2, 0.25) is 0 Å². The third-order valence-corrected chi connectivity index (χ3v) is 5.18. The van der Waals surface area contributed by atoms with Crippen LogP contribution in [0.25, 0.3) is 5.76 Å². The number of hydrogen-bond acceptors (Lipinski definition) is 4. The molecule has 0 saturated carbocycles. The number of benzene rings is 2. The number of halogens is 1. The van der Waals surface area contributed by atoms with Gasteiger partial charge in [-0.2, -0.15) is 0 Å². The zero-order chi connectivity index (χ0) is 19.7. The summed E-state index contributed by atoms with van der Waals surface area (Å²) in [5, 5.41) is 10.8. The van der Waals surface area contributed by atoms with Gasteiger partial charge in [-0.3, -0.25) is 9.59 Å². The Hall–Kier alpha value is -2.99. The van der Waals surface area contributed by atoms with Crippen LogP contribution < -0.4 is 0 Å². The lowest BCUT2D eigenvalue weighted by molar-refractivity contribution is -0.140. The van der Waals surface area contributed by atoms with Gasteiger partial charge >= 0.3 is 0 Å². The Morgan fingerprint density at radius 2 is 1.93 bits per heavy atom. The van der Waals surface area contributed by atoms with Crippen molar-refractivity contribution in [1.29, 1.82) is 0 Å². The lowest BCUT2D eigenvalue weighted by atomic mass is 9.95. The number of amides is 1. The van der Waals surface area contributed by atoms with Gasteiger partial charge in [-0.05, 0) is 30.5 Å². The zero-order valence-electron chi connectivity index (χ0n) is 15.2. The van der Waals surface area contributed by atoms with Gasteiger partial charge < -0.3 is 14.7 Å². The molecule has 1 N–H and O–H groups in total. The van der Waals surface area contributed by atoms with Gasteiger partial charge in [-0.1, -0.05) is 42.5 Å². The second-order valence-corrected chi connectivity index (χ2v) is 7.01. The number of likely N-dealkylation sites (tertiary alicyclic amines) is 1. The molecule has 4 rings (SSSR count). The number of Topliss-reactive ketones (excluding diaryl/α,β-unsaturated/α-hetero) is 1. The molecular weight excluding hydrogens is 361 g/mol. The van der Waals surface area contributed by atoms with Crippen LogP contribution in [0.5, 0.6) is 0 Å². The third kappa shape index (κ3) is 3.31. The molecule has 0 aromatic heterocycles. The fourth-order valence-electron chi connectivity index (χ4n) is 3.85. The van der Waals surface area contributed by atoms with Crippen molar-refractivity contribution in [2.75, 3.05) is 13.2 Å². The first-order valence-corrected chi connectivity index (χ1v) is 9.27. The second kappa shape index (κ2) is 7.56. The Kier molecular flexibility index (Phi) is 4.96. The van der Waals surface area contributed by atoms with E-state index in [2.05, 4.69) is 0 Å². The molecule has 0 radical (unpaired) electrons. The summed E-state index contributed by atoms with van der Waals surface area (Å²) in [4.78, 5) is 27.0. The molecule has 2 aromatic carbocycles. The monoisotopic (exact) mass is 381 g/mol. The van der Waals surface area contributed by atoms with Crippen LogP contribution in [0.2, 0.25) is 0 Å². The van der Waals surface area contributed by atoms with Crippen LogP contribution in [-0.4, -0.2) is 41.0 Å². The van der Waals surface area contributed by atoms with Crippen molar-refractivity contribution in [3.63, 3.8) is 0 Å². The summed E-state index contributed by atoms with van der Waals surface area (Å²) in [5.41, 5.74) is 0.841. The fourth-order valence-corrected chi connectivity index (χ4v) is 3.85. The normalized spacial score (nSPS) is 24.1. The van der Waals surface area contributed by atoms with Crippen LogP contribution >= 0.6 is 0 Å². The van der Waals surface area contributed by atoms with E-state index >= 15 is 0 Å². The number of carbonyl (C=O) groups is 2. The summed E-state index contributed by atoms with van der Waals surface area (Å²) in [6.07, 6.45) is 1.51. The van der Waals surface area contributed by atoms with E-state index in [-0.39, 0.29) is 24.0 Å². The zero-order valence-corrected chi connectivity index (χ0v) is 15.2. The highest BCUT2D eigenvalue weighted by molar-refractivity contribution is 6.46. The Bertz CT molecular complexity index is 935. The van der Waals surface area contributed by atoms with E-state index in [1.807, 2.05) is 0 Å². The van der Waals surface area contributed by atoms with Gasteiger partial charge in [-0.15, -0.1) is 0 Å². The van der Waals surface area contributed by atoms with Crippen molar-refractivity contribution in [3.8, 4) is 0 Å². The molecule has 2 heterocycles. The molecule has 2 fully saturated rings. The molecule has 6 heteroatoms. The minimum Gasteiger partial charge on any atom is -0.507 e. The average molecular weight is 381 g/mol. The standard InChI is InChI=1S/C22H20FNO4/c23-16-9-4-8-15(12-16)19-18(20(25)14-6-2-1-3-7-14)21(26)22(27)24(19)13-17-10-5-11-28-17/h1-4,6-9,12,17,19,25H,5,10-11,13H2/t17-,19+/m0/s1. The first-order chi connectivity index (χ1) is 13.6. The first-order valence-electron chi connectivity index (χ1n) is 9.27. The highest BCUT2D eigenvalue weighted by Gasteiger charge is 2.47. The number of nitrogens with zero attached hydrogens (tertiary/aromatic N) is 1. The molecule has 2 saturated heterocycles. The van der Waals surface area contributed by atoms with E-state index in [1.165, 1.54) is 23.1 Å². The minimum absolute atomic E-state index is 0.0280. The van der Waals surface area contributed by atoms with E-state index in [4.69, 9.17) is 4.74 Å². The van der Waals surface area contributed by atoms with Crippen molar-refractivity contribution >= 4 is 17.4 Å². The predicted molar refractivity (Wildman–Crippen MR) is 101 cm³/mol. The number of hydrogen-bond donors (Lipinski definition) is 1. The number of ether oxygens (including phenoxy) is 1. The van der Waals surface area contributed by atoms with Crippen LogP contribution in [0.4, 0.5) is 4.39 Å². The van der Waals surface area contributed by atoms with E-state index in [1.54, 1.807) is 36.4 Å². The van der Waals surface area contributed by atoms with Gasteiger partial charge in [0.05, 0.1) is 17.7 Å². The number of aliphatic hydroxyl groups excluding tert-OH is 1. The summed E-state index contributed by atoms with van der Waals surface area (Å²) < 4.78 is 19.5. The largest absolute Gasteiger partial charge is 0.507 e. The molecule has 2 aliphatic heterocycles. The van der Waals surface area contributed by atoms with Crippen LogP contribution in [0.15, 0.2) is 60.2 Å². The van der Waals surface area contributed by atoms with Crippen LogP contribution in [0.1, 0.15) is 30.0 Å². The van der Waals surface area contributed by atoms with Gasteiger partial charge in [0.15, 0.2) is 0 Å². The maximum absolute atomic E-state index is 13.9. The van der Waals surface area contributed by atoms with Crippen LogP contribution in [0, 0.1) is 5.82 Å². The van der Waals surface area contributed by atoms with Crippen molar-refractivity contribution < 1.29 is 23.8 Å². The van der Waals surface area contributed by atoms with Gasteiger partial charge in [0, 0.05) is 18.7 Å². The van der Waals surface area contributed by atoms with Crippen LogP contribution in [-0.2, 0) is 14.3 Å². The lowest BCUT2D eigenvalue weighted by Crippen LogP contribution is -2.36. The molecule has 0 spiro atoms. The quantitative estimate of drug-likeness (QED) is 0.501. The van der Waals surface area contributed by atoms with Crippen molar-refractivity contribution in [2.24, 2.45) is 0 Å². The lowest BCUT2D eigenvalue weighted by Gasteiger charge is -2.27.